The van der Waals surface area contributed by atoms with Crippen molar-refractivity contribution in [2.75, 3.05) is 0 Å². The lowest BCUT2D eigenvalue weighted by atomic mass is 10.1. The van der Waals surface area contributed by atoms with Crippen LogP contribution in [0.15, 0.2) is 54.9 Å². The van der Waals surface area contributed by atoms with Crippen molar-refractivity contribution in [2.24, 2.45) is 0 Å². The zero-order valence-corrected chi connectivity index (χ0v) is 12.7. The Bertz CT molecular complexity index is 854. The minimum absolute atomic E-state index is 0.238. The van der Waals surface area contributed by atoms with Gasteiger partial charge in [0.2, 0.25) is 5.88 Å². The second-order valence-corrected chi connectivity index (χ2v) is 5.10. The quantitative estimate of drug-likeness (QED) is 0.623. The number of benzene rings is 1. The van der Waals surface area contributed by atoms with E-state index in [0.717, 1.165) is 12.1 Å². The van der Waals surface area contributed by atoms with Crippen molar-refractivity contribution in [3.8, 4) is 23.0 Å². The molecule has 3 rings (SSSR count). The van der Waals surface area contributed by atoms with Crippen LogP contribution in [0.2, 0.25) is 5.15 Å². The van der Waals surface area contributed by atoms with E-state index < -0.39 is 11.7 Å². The minimum atomic E-state index is -4.38. The van der Waals surface area contributed by atoms with Crippen LogP contribution in [0.5, 0.6) is 11.6 Å². The molecule has 0 amide bonds. The standard InChI is InChI=1S/C16H9ClF3N3O/c17-13-9-12(5-7-21-13)24-14-6-8-22-15(23-14)10-1-3-11(4-2-10)16(18,19)20/h1-9H. The first-order valence-corrected chi connectivity index (χ1v) is 7.10. The summed E-state index contributed by atoms with van der Waals surface area (Å²) in [5.41, 5.74) is -0.286. The van der Waals surface area contributed by atoms with Crippen LogP contribution in [0.4, 0.5) is 13.2 Å². The second-order valence-electron chi connectivity index (χ2n) is 4.71. The summed E-state index contributed by atoms with van der Waals surface area (Å²) in [6.45, 7) is 0. The largest absolute Gasteiger partial charge is 0.439 e. The summed E-state index contributed by atoms with van der Waals surface area (Å²) in [6.07, 6.45) is -1.45. The Morgan fingerprint density at radius 1 is 0.917 bits per heavy atom. The van der Waals surface area contributed by atoms with Gasteiger partial charge >= 0.3 is 6.18 Å². The van der Waals surface area contributed by atoms with Gasteiger partial charge in [0.05, 0.1) is 5.56 Å². The highest BCUT2D eigenvalue weighted by Gasteiger charge is 2.30. The van der Waals surface area contributed by atoms with Gasteiger partial charge in [0.1, 0.15) is 10.9 Å². The van der Waals surface area contributed by atoms with Crippen molar-refractivity contribution in [1.82, 2.24) is 15.0 Å². The van der Waals surface area contributed by atoms with Crippen molar-refractivity contribution in [1.29, 1.82) is 0 Å². The number of hydrogen-bond acceptors (Lipinski definition) is 4. The van der Waals surface area contributed by atoms with Gasteiger partial charge in [-0.3, -0.25) is 0 Å². The molecule has 0 radical (unpaired) electrons. The van der Waals surface area contributed by atoms with Gasteiger partial charge in [-0.25, -0.2) is 9.97 Å². The molecule has 0 fully saturated rings. The third-order valence-electron chi connectivity index (χ3n) is 3.02. The van der Waals surface area contributed by atoms with Crippen LogP contribution in [-0.4, -0.2) is 15.0 Å². The lowest BCUT2D eigenvalue weighted by Gasteiger charge is -2.08. The topological polar surface area (TPSA) is 47.9 Å². The number of pyridine rings is 1. The summed E-state index contributed by atoms with van der Waals surface area (Å²) in [7, 11) is 0. The number of halogens is 4. The van der Waals surface area contributed by atoms with E-state index in [0.29, 0.717) is 11.3 Å². The summed E-state index contributed by atoms with van der Waals surface area (Å²) >= 11 is 5.77. The van der Waals surface area contributed by atoms with Crippen LogP contribution in [-0.2, 0) is 6.18 Å². The highest BCUT2D eigenvalue weighted by atomic mass is 35.5. The zero-order chi connectivity index (χ0) is 17.2. The van der Waals surface area contributed by atoms with Gasteiger partial charge < -0.3 is 4.74 Å². The second kappa shape index (κ2) is 6.45. The van der Waals surface area contributed by atoms with Gasteiger partial charge in [0, 0.05) is 30.1 Å². The van der Waals surface area contributed by atoms with Crippen LogP contribution in [0, 0.1) is 0 Å². The van der Waals surface area contributed by atoms with Crippen molar-refractivity contribution in [3.05, 3.63) is 65.6 Å². The molecule has 0 spiro atoms. The first kappa shape index (κ1) is 16.2. The number of ether oxygens (including phenoxy) is 1. The summed E-state index contributed by atoms with van der Waals surface area (Å²) in [6, 6.07) is 9.23. The SMILES string of the molecule is FC(F)(F)c1ccc(-c2nccc(Oc3ccnc(Cl)c3)n2)cc1. The Hall–Kier alpha value is -2.67. The molecule has 0 bridgehead atoms. The summed E-state index contributed by atoms with van der Waals surface area (Å²) in [5, 5.41) is 0.268. The van der Waals surface area contributed by atoms with E-state index >= 15 is 0 Å². The van der Waals surface area contributed by atoms with Crippen LogP contribution in [0.25, 0.3) is 11.4 Å². The van der Waals surface area contributed by atoms with E-state index in [1.807, 2.05) is 0 Å². The van der Waals surface area contributed by atoms with Crippen LogP contribution in [0.3, 0.4) is 0 Å². The van der Waals surface area contributed by atoms with E-state index in [4.69, 9.17) is 16.3 Å². The van der Waals surface area contributed by atoms with E-state index in [-0.39, 0.29) is 16.9 Å². The number of aromatic nitrogens is 3. The third kappa shape index (κ3) is 3.80. The molecule has 0 N–H and O–H groups in total. The van der Waals surface area contributed by atoms with Crippen molar-refractivity contribution in [3.63, 3.8) is 0 Å². The van der Waals surface area contributed by atoms with E-state index in [9.17, 15) is 13.2 Å². The molecular formula is C16H9ClF3N3O. The van der Waals surface area contributed by atoms with E-state index in [1.165, 1.54) is 36.7 Å². The molecule has 24 heavy (non-hydrogen) atoms. The fourth-order valence-corrected chi connectivity index (χ4v) is 2.08. The lowest BCUT2D eigenvalue weighted by molar-refractivity contribution is -0.137. The fraction of sp³-hybridized carbons (Fsp3) is 0.0625. The Morgan fingerprint density at radius 3 is 2.29 bits per heavy atom. The smallest absolute Gasteiger partial charge is 0.416 e. The molecule has 1 aromatic carbocycles. The molecule has 2 aromatic heterocycles. The Kier molecular flexibility index (Phi) is 4.35. The van der Waals surface area contributed by atoms with Crippen LogP contribution < -0.4 is 4.74 Å². The van der Waals surface area contributed by atoms with Crippen molar-refractivity contribution in [2.45, 2.75) is 6.18 Å². The highest BCUT2D eigenvalue weighted by Crippen LogP contribution is 2.30. The normalized spacial score (nSPS) is 11.3. The third-order valence-corrected chi connectivity index (χ3v) is 3.23. The number of alkyl halides is 3. The average molecular weight is 352 g/mol. The number of hydrogen-bond donors (Lipinski definition) is 0. The first-order valence-electron chi connectivity index (χ1n) is 6.72. The van der Waals surface area contributed by atoms with Crippen LogP contribution in [0.1, 0.15) is 5.56 Å². The Labute approximate surface area is 139 Å². The van der Waals surface area contributed by atoms with E-state index in [2.05, 4.69) is 15.0 Å². The maximum Gasteiger partial charge on any atom is 0.416 e. The molecule has 0 atom stereocenters. The van der Waals surface area contributed by atoms with Gasteiger partial charge in [-0.05, 0) is 18.2 Å². The lowest BCUT2D eigenvalue weighted by Crippen LogP contribution is -2.04. The predicted octanol–water partition coefficient (Wildman–Crippen LogP) is 5.00. The summed E-state index contributed by atoms with van der Waals surface area (Å²) in [5.74, 6) is 0.926. The van der Waals surface area contributed by atoms with Crippen molar-refractivity contribution >= 4 is 11.6 Å². The van der Waals surface area contributed by atoms with Gasteiger partial charge in [-0.1, -0.05) is 23.7 Å². The predicted molar refractivity (Wildman–Crippen MR) is 81.8 cm³/mol. The molecule has 0 saturated heterocycles. The van der Waals surface area contributed by atoms with Crippen LogP contribution >= 0.6 is 11.6 Å². The molecule has 4 nitrogen and oxygen atoms in total. The monoisotopic (exact) mass is 351 g/mol. The van der Waals surface area contributed by atoms with E-state index in [1.54, 1.807) is 6.07 Å². The molecule has 122 valence electrons. The molecule has 3 aromatic rings. The maximum atomic E-state index is 12.6. The number of nitrogens with zero attached hydrogens (tertiary/aromatic N) is 3. The molecule has 0 saturated carbocycles. The molecule has 0 aliphatic carbocycles. The Morgan fingerprint density at radius 2 is 1.62 bits per heavy atom. The molecule has 0 aliphatic rings. The summed E-state index contributed by atoms with van der Waals surface area (Å²) in [4.78, 5) is 12.1. The maximum absolute atomic E-state index is 12.6. The zero-order valence-electron chi connectivity index (χ0n) is 12.0. The van der Waals surface area contributed by atoms with Gasteiger partial charge in [-0.2, -0.15) is 18.2 Å². The molecule has 8 heteroatoms. The minimum Gasteiger partial charge on any atom is -0.439 e. The molecule has 2 heterocycles. The molecule has 0 aliphatic heterocycles. The molecular weight excluding hydrogens is 343 g/mol. The average Bonchev–Trinajstić information content (AvgIpc) is 2.54. The Balaban J connectivity index is 1.85. The van der Waals surface area contributed by atoms with Gasteiger partial charge in [0.15, 0.2) is 5.82 Å². The summed E-state index contributed by atoms with van der Waals surface area (Å²) < 4.78 is 43.3. The molecule has 0 unspecified atom stereocenters. The first-order chi connectivity index (χ1) is 11.4. The van der Waals surface area contributed by atoms with Gasteiger partial charge in [0.25, 0.3) is 0 Å². The van der Waals surface area contributed by atoms with Gasteiger partial charge in [-0.15, -0.1) is 0 Å². The highest BCUT2D eigenvalue weighted by molar-refractivity contribution is 6.29. The van der Waals surface area contributed by atoms with Crippen molar-refractivity contribution < 1.29 is 17.9 Å². The number of rotatable bonds is 3. The fourth-order valence-electron chi connectivity index (χ4n) is 1.92.